The Hall–Kier alpha value is -2.31. The quantitative estimate of drug-likeness (QED) is 0.788. The van der Waals surface area contributed by atoms with Crippen LogP contribution in [0.1, 0.15) is 24.1 Å². The van der Waals surface area contributed by atoms with Gasteiger partial charge < -0.3 is 10.6 Å². The fourth-order valence-electron chi connectivity index (χ4n) is 2.79. The highest BCUT2D eigenvalue weighted by Crippen LogP contribution is 2.36. The van der Waals surface area contributed by atoms with Crippen molar-refractivity contribution in [1.82, 2.24) is 10.6 Å². The van der Waals surface area contributed by atoms with E-state index in [1.54, 1.807) is 6.07 Å². The predicted octanol–water partition coefficient (Wildman–Crippen LogP) is 4.14. The van der Waals surface area contributed by atoms with Crippen LogP contribution in [-0.4, -0.2) is 10.9 Å². The van der Waals surface area contributed by atoms with Gasteiger partial charge in [-0.2, -0.15) is 0 Å². The van der Waals surface area contributed by atoms with Crippen LogP contribution in [0.15, 0.2) is 48.0 Å². The summed E-state index contributed by atoms with van der Waals surface area (Å²) in [6.07, 6.45) is 0. The SMILES string of the molecule is CC(=O)C1=C(c2ccc(F)cc2)NC(=S)N[C@@H]1c1c(F)cccc1Cl. The molecule has 0 unspecified atom stereocenters. The number of carbonyl (C=O) groups is 1. The third kappa shape index (κ3) is 3.41. The highest BCUT2D eigenvalue weighted by Gasteiger charge is 2.33. The number of benzene rings is 2. The van der Waals surface area contributed by atoms with Crippen LogP contribution in [-0.2, 0) is 4.79 Å². The van der Waals surface area contributed by atoms with E-state index in [0.717, 1.165) is 0 Å². The fraction of sp³-hybridized carbons (Fsp3) is 0.111. The predicted molar refractivity (Wildman–Crippen MR) is 97.0 cm³/mol. The summed E-state index contributed by atoms with van der Waals surface area (Å²) in [5, 5.41) is 6.21. The molecule has 1 atom stereocenters. The lowest BCUT2D eigenvalue weighted by molar-refractivity contribution is -0.113. The van der Waals surface area contributed by atoms with Crippen molar-refractivity contribution in [3.05, 3.63) is 75.8 Å². The molecule has 7 heteroatoms. The molecule has 1 heterocycles. The lowest BCUT2D eigenvalue weighted by Crippen LogP contribution is -2.45. The highest BCUT2D eigenvalue weighted by molar-refractivity contribution is 7.80. The minimum absolute atomic E-state index is 0.137. The van der Waals surface area contributed by atoms with E-state index in [9.17, 15) is 13.6 Å². The third-order valence-electron chi connectivity index (χ3n) is 3.87. The number of ketones is 1. The Morgan fingerprint density at radius 2 is 1.84 bits per heavy atom. The van der Waals surface area contributed by atoms with E-state index in [4.69, 9.17) is 23.8 Å². The normalized spacial score (nSPS) is 17.1. The fourth-order valence-corrected chi connectivity index (χ4v) is 3.28. The smallest absolute Gasteiger partial charge is 0.171 e. The van der Waals surface area contributed by atoms with Gasteiger partial charge >= 0.3 is 0 Å². The average Bonchev–Trinajstić information content (AvgIpc) is 2.54. The van der Waals surface area contributed by atoms with Crippen LogP contribution in [0, 0.1) is 11.6 Å². The van der Waals surface area contributed by atoms with Gasteiger partial charge in [0.1, 0.15) is 11.6 Å². The summed E-state index contributed by atoms with van der Waals surface area (Å²) >= 11 is 11.4. The summed E-state index contributed by atoms with van der Waals surface area (Å²) in [6.45, 7) is 1.37. The third-order valence-corrected chi connectivity index (χ3v) is 4.42. The van der Waals surface area contributed by atoms with Crippen molar-refractivity contribution in [3.63, 3.8) is 0 Å². The lowest BCUT2D eigenvalue weighted by atomic mass is 9.90. The van der Waals surface area contributed by atoms with E-state index in [1.807, 2.05) is 0 Å². The number of rotatable bonds is 3. The second-order valence-electron chi connectivity index (χ2n) is 5.52. The Kier molecular flexibility index (Phi) is 4.83. The molecule has 2 aromatic carbocycles. The van der Waals surface area contributed by atoms with Crippen molar-refractivity contribution in [2.24, 2.45) is 0 Å². The van der Waals surface area contributed by atoms with E-state index >= 15 is 0 Å². The Labute approximate surface area is 153 Å². The molecule has 2 N–H and O–H groups in total. The lowest BCUT2D eigenvalue weighted by Gasteiger charge is -2.31. The van der Waals surface area contributed by atoms with Crippen LogP contribution in [0.2, 0.25) is 5.02 Å². The molecule has 1 aliphatic heterocycles. The van der Waals surface area contributed by atoms with Crippen molar-refractivity contribution in [2.75, 3.05) is 0 Å². The Morgan fingerprint density at radius 3 is 2.44 bits per heavy atom. The molecule has 0 amide bonds. The first-order chi connectivity index (χ1) is 11.9. The van der Waals surface area contributed by atoms with E-state index in [0.29, 0.717) is 11.3 Å². The molecule has 25 heavy (non-hydrogen) atoms. The van der Waals surface area contributed by atoms with E-state index in [2.05, 4.69) is 10.6 Å². The maximum Gasteiger partial charge on any atom is 0.171 e. The zero-order valence-corrected chi connectivity index (χ0v) is 14.6. The average molecular weight is 379 g/mol. The number of carbonyl (C=O) groups excluding carboxylic acids is 1. The van der Waals surface area contributed by atoms with Gasteiger partial charge in [0.05, 0.1) is 11.7 Å². The van der Waals surface area contributed by atoms with Crippen LogP contribution in [0.4, 0.5) is 8.78 Å². The van der Waals surface area contributed by atoms with Crippen molar-refractivity contribution in [1.29, 1.82) is 0 Å². The number of Topliss-reactive ketones (excluding diaryl/α,β-unsaturated/α-hetero) is 1. The van der Waals surface area contributed by atoms with Gasteiger partial charge in [0.15, 0.2) is 10.9 Å². The Bertz CT molecular complexity index is 876. The molecule has 3 rings (SSSR count). The largest absolute Gasteiger partial charge is 0.351 e. The molecule has 0 bridgehead atoms. The van der Waals surface area contributed by atoms with Gasteiger partial charge in [-0.1, -0.05) is 17.7 Å². The zero-order chi connectivity index (χ0) is 18.1. The minimum atomic E-state index is -0.847. The Morgan fingerprint density at radius 1 is 1.16 bits per heavy atom. The molecule has 0 saturated heterocycles. The van der Waals surface area contributed by atoms with Gasteiger partial charge in [-0.05, 0) is 61.1 Å². The first-order valence-corrected chi connectivity index (χ1v) is 8.19. The number of halogens is 3. The molecule has 0 aliphatic carbocycles. The van der Waals surface area contributed by atoms with Crippen molar-refractivity contribution >= 4 is 40.4 Å². The second kappa shape index (κ2) is 6.90. The van der Waals surface area contributed by atoms with Crippen LogP contribution in [0.3, 0.4) is 0 Å². The standard InChI is InChI=1S/C18H13ClF2N2OS/c1-9(24)14-16(10-5-7-11(20)8-6-10)22-18(25)23-17(14)15-12(19)3-2-4-13(15)21/h2-8,17H,1H3,(H2,22,23,25)/t17-/m0/s1. The summed E-state index contributed by atoms with van der Waals surface area (Å²) in [5.74, 6) is -1.24. The maximum absolute atomic E-state index is 14.4. The molecule has 0 saturated carbocycles. The molecule has 128 valence electrons. The summed E-state index contributed by atoms with van der Waals surface area (Å²) in [5.41, 5.74) is 1.37. The monoisotopic (exact) mass is 378 g/mol. The molecule has 2 aromatic rings. The first-order valence-electron chi connectivity index (χ1n) is 7.41. The number of hydrogen-bond donors (Lipinski definition) is 2. The van der Waals surface area contributed by atoms with E-state index in [-0.39, 0.29) is 27.1 Å². The molecule has 0 radical (unpaired) electrons. The van der Waals surface area contributed by atoms with Crippen molar-refractivity contribution in [3.8, 4) is 0 Å². The minimum Gasteiger partial charge on any atom is -0.351 e. The van der Waals surface area contributed by atoms with Gasteiger partial charge in [0, 0.05) is 16.2 Å². The topological polar surface area (TPSA) is 41.1 Å². The molecular formula is C18H13ClF2N2OS. The maximum atomic E-state index is 14.4. The van der Waals surface area contributed by atoms with Gasteiger partial charge in [0.25, 0.3) is 0 Å². The number of nitrogens with one attached hydrogen (secondary N) is 2. The van der Waals surface area contributed by atoms with Gasteiger partial charge in [-0.15, -0.1) is 0 Å². The van der Waals surface area contributed by atoms with Crippen LogP contribution < -0.4 is 10.6 Å². The highest BCUT2D eigenvalue weighted by atomic mass is 35.5. The second-order valence-corrected chi connectivity index (χ2v) is 6.33. The number of hydrogen-bond acceptors (Lipinski definition) is 2. The molecule has 0 fully saturated rings. The summed E-state index contributed by atoms with van der Waals surface area (Å²) < 4.78 is 27.6. The van der Waals surface area contributed by atoms with Crippen LogP contribution in [0.25, 0.3) is 5.70 Å². The summed E-state index contributed by atoms with van der Waals surface area (Å²) in [6, 6.07) is 9.04. The zero-order valence-electron chi connectivity index (χ0n) is 13.1. The molecule has 0 aromatic heterocycles. The molecule has 0 spiro atoms. The first kappa shape index (κ1) is 17.5. The van der Waals surface area contributed by atoms with Gasteiger partial charge in [-0.25, -0.2) is 8.78 Å². The van der Waals surface area contributed by atoms with E-state index < -0.39 is 17.7 Å². The van der Waals surface area contributed by atoms with Crippen molar-refractivity contribution < 1.29 is 13.6 Å². The summed E-state index contributed by atoms with van der Waals surface area (Å²) in [4.78, 5) is 12.3. The van der Waals surface area contributed by atoms with E-state index in [1.165, 1.54) is 43.3 Å². The molecule has 1 aliphatic rings. The Balaban J connectivity index is 2.24. The van der Waals surface area contributed by atoms with Gasteiger partial charge in [0.2, 0.25) is 0 Å². The van der Waals surface area contributed by atoms with Crippen molar-refractivity contribution in [2.45, 2.75) is 13.0 Å². The van der Waals surface area contributed by atoms with Crippen LogP contribution >= 0.6 is 23.8 Å². The van der Waals surface area contributed by atoms with Gasteiger partial charge in [-0.3, -0.25) is 4.79 Å². The molecular weight excluding hydrogens is 366 g/mol. The van der Waals surface area contributed by atoms with Crippen LogP contribution in [0.5, 0.6) is 0 Å². The summed E-state index contributed by atoms with van der Waals surface area (Å²) in [7, 11) is 0. The number of thiocarbonyl (C=S) groups is 1. The molecule has 3 nitrogen and oxygen atoms in total.